The summed E-state index contributed by atoms with van der Waals surface area (Å²) < 4.78 is 6.04. The van der Waals surface area contributed by atoms with Gasteiger partial charge in [-0.1, -0.05) is 30.3 Å². The summed E-state index contributed by atoms with van der Waals surface area (Å²) in [7, 11) is 0. The number of ether oxygens (including phenoxy) is 1. The molecule has 1 N–H and O–H groups in total. The average Bonchev–Trinajstić information content (AvgIpc) is 3.21. The highest BCUT2D eigenvalue weighted by Crippen LogP contribution is 2.33. The summed E-state index contributed by atoms with van der Waals surface area (Å²) in [6, 6.07) is 15.5. The Kier molecular flexibility index (Phi) is 5.84. The van der Waals surface area contributed by atoms with E-state index in [2.05, 4.69) is 11.4 Å². The van der Waals surface area contributed by atoms with E-state index in [-0.39, 0.29) is 30.4 Å². The first kappa shape index (κ1) is 19.5. The molecule has 2 amide bonds. The van der Waals surface area contributed by atoms with Crippen LogP contribution in [0.3, 0.4) is 0 Å². The number of nitrogens with one attached hydrogen (secondary N) is 1. The van der Waals surface area contributed by atoms with Crippen LogP contribution in [0.25, 0.3) is 0 Å². The summed E-state index contributed by atoms with van der Waals surface area (Å²) in [5.74, 6) is 0.698. The quantitative estimate of drug-likeness (QED) is 0.816. The molecule has 1 atom stereocenters. The first-order chi connectivity index (χ1) is 14.1. The molecule has 29 heavy (non-hydrogen) atoms. The lowest BCUT2D eigenvalue weighted by Gasteiger charge is -2.36. The smallest absolute Gasteiger partial charge is 0.226 e. The zero-order valence-corrected chi connectivity index (χ0v) is 16.9. The third-order valence-corrected chi connectivity index (χ3v) is 5.92. The van der Waals surface area contributed by atoms with E-state index < -0.39 is 0 Å². The minimum Gasteiger partial charge on any atom is -0.490 e. The van der Waals surface area contributed by atoms with E-state index in [9.17, 15) is 9.59 Å². The Morgan fingerprint density at radius 1 is 1.10 bits per heavy atom. The molecule has 1 aliphatic carbocycles. The Hall–Kier alpha value is -2.82. The topological polar surface area (TPSA) is 58.6 Å². The van der Waals surface area contributed by atoms with Crippen molar-refractivity contribution in [1.29, 1.82) is 0 Å². The van der Waals surface area contributed by atoms with Crippen LogP contribution in [0.1, 0.15) is 56.2 Å². The van der Waals surface area contributed by atoms with Crippen molar-refractivity contribution in [3.05, 3.63) is 59.7 Å². The summed E-state index contributed by atoms with van der Waals surface area (Å²) in [5.41, 5.74) is 3.01. The van der Waals surface area contributed by atoms with Gasteiger partial charge in [0.15, 0.2) is 0 Å². The second-order valence-electron chi connectivity index (χ2n) is 7.98. The molecule has 2 aromatic carbocycles. The maximum Gasteiger partial charge on any atom is 0.226 e. The molecule has 0 radical (unpaired) electrons. The van der Waals surface area contributed by atoms with Crippen LogP contribution in [-0.2, 0) is 16.0 Å². The van der Waals surface area contributed by atoms with Crippen molar-refractivity contribution in [2.45, 2.75) is 57.6 Å². The Balaban J connectivity index is 1.45. The number of amides is 2. The highest BCUT2D eigenvalue weighted by molar-refractivity contribution is 5.92. The average molecular weight is 392 g/mol. The van der Waals surface area contributed by atoms with Crippen molar-refractivity contribution < 1.29 is 14.3 Å². The van der Waals surface area contributed by atoms with Crippen molar-refractivity contribution in [1.82, 2.24) is 4.90 Å². The minimum absolute atomic E-state index is 0.00395. The summed E-state index contributed by atoms with van der Waals surface area (Å²) in [4.78, 5) is 26.8. The largest absolute Gasteiger partial charge is 0.490 e. The maximum atomic E-state index is 12.8. The van der Waals surface area contributed by atoms with E-state index >= 15 is 0 Å². The minimum atomic E-state index is -0.227. The number of carbonyl (C=O) groups excluding carboxylic acids is 2. The Morgan fingerprint density at radius 2 is 1.90 bits per heavy atom. The molecule has 0 bridgehead atoms. The van der Waals surface area contributed by atoms with Crippen molar-refractivity contribution >= 4 is 17.5 Å². The molecule has 5 nitrogen and oxygen atoms in total. The van der Waals surface area contributed by atoms with Gasteiger partial charge in [-0.15, -0.1) is 0 Å². The molecule has 1 aliphatic heterocycles. The zero-order valence-electron chi connectivity index (χ0n) is 16.9. The van der Waals surface area contributed by atoms with Gasteiger partial charge in [0.1, 0.15) is 5.75 Å². The summed E-state index contributed by atoms with van der Waals surface area (Å²) >= 11 is 0. The van der Waals surface area contributed by atoms with Crippen LogP contribution >= 0.6 is 0 Å². The normalized spacial score (nSPS) is 18.9. The third-order valence-electron chi connectivity index (χ3n) is 5.92. The lowest BCUT2D eigenvalue weighted by Crippen LogP contribution is -2.40. The highest BCUT2D eigenvalue weighted by Gasteiger charge is 2.30. The van der Waals surface area contributed by atoms with Gasteiger partial charge in [0.2, 0.25) is 11.8 Å². The van der Waals surface area contributed by atoms with Crippen molar-refractivity contribution in [2.24, 2.45) is 0 Å². The molecule has 0 saturated heterocycles. The van der Waals surface area contributed by atoms with Crippen LogP contribution in [0, 0.1) is 0 Å². The molecule has 152 valence electrons. The number of anilines is 1. The van der Waals surface area contributed by atoms with Gasteiger partial charge < -0.3 is 15.0 Å². The lowest BCUT2D eigenvalue weighted by molar-refractivity contribution is -0.132. The molecule has 1 unspecified atom stereocenters. The van der Waals surface area contributed by atoms with E-state index in [1.807, 2.05) is 47.4 Å². The van der Waals surface area contributed by atoms with Gasteiger partial charge >= 0.3 is 0 Å². The lowest BCUT2D eigenvalue weighted by atomic mass is 9.90. The van der Waals surface area contributed by atoms with E-state index in [0.717, 1.165) is 36.3 Å². The molecule has 1 fully saturated rings. The highest BCUT2D eigenvalue weighted by atomic mass is 16.5. The van der Waals surface area contributed by atoms with Gasteiger partial charge in [0.25, 0.3) is 0 Å². The van der Waals surface area contributed by atoms with Gasteiger partial charge in [-0.25, -0.2) is 0 Å². The van der Waals surface area contributed by atoms with Gasteiger partial charge in [-0.05, 0) is 55.4 Å². The summed E-state index contributed by atoms with van der Waals surface area (Å²) in [6.07, 6.45) is 5.98. The molecule has 4 rings (SSSR count). The zero-order chi connectivity index (χ0) is 20.2. The second kappa shape index (κ2) is 8.68. The number of fused-ring (bicyclic) bond motifs is 1. The maximum absolute atomic E-state index is 12.8. The molecule has 2 aromatic rings. The van der Waals surface area contributed by atoms with Crippen LogP contribution in [0.5, 0.6) is 5.75 Å². The first-order valence-electron chi connectivity index (χ1n) is 10.5. The Bertz CT molecular complexity index is 889. The summed E-state index contributed by atoms with van der Waals surface area (Å²) in [6.45, 7) is 2.22. The predicted molar refractivity (Wildman–Crippen MR) is 113 cm³/mol. The molecule has 0 spiro atoms. The number of hydrogen-bond acceptors (Lipinski definition) is 3. The van der Waals surface area contributed by atoms with Gasteiger partial charge in [0.05, 0.1) is 18.6 Å². The fraction of sp³-hybridized carbons (Fsp3) is 0.417. The Labute approximate surface area is 172 Å². The number of nitrogens with zero attached hydrogens (tertiary/aromatic N) is 1. The van der Waals surface area contributed by atoms with E-state index in [1.54, 1.807) is 6.92 Å². The number of carbonyl (C=O) groups is 2. The molecular formula is C24H28N2O3. The molecule has 2 aliphatic rings. The van der Waals surface area contributed by atoms with E-state index in [1.165, 1.54) is 18.4 Å². The van der Waals surface area contributed by atoms with Gasteiger partial charge in [-0.2, -0.15) is 0 Å². The van der Waals surface area contributed by atoms with Crippen LogP contribution in [0.4, 0.5) is 5.69 Å². The van der Waals surface area contributed by atoms with Crippen molar-refractivity contribution in [2.75, 3.05) is 11.9 Å². The fourth-order valence-electron chi connectivity index (χ4n) is 4.48. The third kappa shape index (κ3) is 4.61. The number of rotatable bonds is 5. The van der Waals surface area contributed by atoms with Crippen LogP contribution in [-0.4, -0.2) is 29.4 Å². The fourth-order valence-corrected chi connectivity index (χ4v) is 4.48. The van der Waals surface area contributed by atoms with E-state index in [4.69, 9.17) is 4.74 Å². The Morgan fingerprint density at radius 3 is 2.69 bits per heavy atom. The van der Waals surface area contributed by atoms with Crippen LogP contribution in [0.15, 0.2) is 48.5 Å². The van der Waals surface area contributed by atoms with Crippen LogP contribution in [0.2, 0.25) is 0 Å². The molecule has 0 aromatic heterocycles. The van der Waals surface area contributed by atoms with Crippen molar-refractivity contribution in [3.8, 4) is 5.75 Å². The van der Waals surface area contributed by atoms with Crippen LogP contribution < -0.4 is 10.1 Å². The molecular weight excluding hydrogens is 364 g/mol. The first-order valence-corrected chi connectivity index (χ1v) is 10.5. The van der Waals surface area contributed by atoms with E-state index in [0.29, 0.717) is 6.54 Å². The second-order valence-corrected chi connectivity index (χ2v) is 7.98. The molecule has 5 heteroatoms. The molecule has 1 heterocycles. The standard InChI is InChI=1S/C24H28N2O3/c1-17(27)26-14-13-18-7-2-5-12-22(18)23(26)16-24(28)25-19-8-6-11-21(15-19)29-20-9-3-4-10-20/h2,5-8,11-12,15,20,23H,3-4,9-10,13-14,16H2,1H3,(H,25,28). The summed E-state index contributed by atoms with van der Waals surface area (Å²) in [5, 5.41) is 2.99. The number of hydrogen-bond donors (Lipinski definition) is 1. The van der Waals surface area contributed by atoms with Gasteiger partial charge in [-0.3, -0.25) is 9.59 Å². The monoisotopic (exact) mass is 392 g/mol. The van der Waals surface area contributed by atoms with Crippen molar-refractivity contribution in [3.63, 3.8) is 0 Å². The van der Waals surface area contributed by atoms with Gasteiger partial charge in [0, 0.05) is 25.2 Å². The SMILES string of the molecule is CC(=O)N1CCc2ccccc2C1CC(=O)Nc1cccc(OC2CCCC2)c1. The predicted octanol–water partition coefficient (Wildman–Crippen LogP) is 4.48. The number of benzene rings is 2. The molecule has 1 saturated carbocycles.